The topological polar surface area (TPSA) is 214 Å². The lowest BCUT2D eigenvalue weighted by molar-refractivity contribution is -0.142. The van der Waals surface area contributed by atoms with Crippen LogP contribution in [0.25, 0.3) is 0 Å². The smallest absolute Gasteiger partial charge is 0.329 e. The average molecular weight is 732 g/mol. The average Bonchev–Trinajstić information content (AvgIpc) is 3.11. The highest BCUT2D eigenvalue weighted by Crippen LogP contribution is 2.24. The molecule has 4 N–H and O–H groups in total. The van der Waals surface area contributed by atoms with Gasteiger partial charge in [0, 0.05) is 25.5 Å². The number of carboxylic acid groups (broad SMARTS) is 1. The van der Waals surface area contributed by atoms with Gasteiger partial charge in [-0.1, -0.05) is 31.9 Å². The molecule has 0 aliphatic heterocycles. The number of aromatic nitrogens is 2. The van der Waals surface area contributed by atoms with E-state index >= 15 is 0 Å². The second kappa shape index (κ2) is 22.9. The number of ether oxygens (including phenoxy) is 5. The highest BCUT2D eigenvalue weighted by Gasteiger charge is 2.17. The molecule has 0 saturated carbocycles. The summed E-state index contributed by atoms with van der Waals surface area (Å²) in [6.45, 7) is 3.21. The van der Waals surface area contributed by atoms with E-state index in [0.29, 0.717) is 11.5 Å². The summed E-state index contributed by atoms with van der Waals surface area (Å²) >= 11 is 0. The van der Waals surface area contributed by atoms with E-state index in [1.54, 1.807) is 12.1 Å². The monoisotopic (exact) mass is 731 g/mol. The Hall–Kier alpha value is -4.68. The van der Waals surface area contributed by atoms with Gasteiger partial charge < -0.3 is 39.4 Å². The molecule has 0 radical (unpaired) electrons. The first-order valence-corrected chi connectivity index (χ1v) is 17.9. The van der Waals surface area contributed by atoms with Crippen molar-refractivity contribution in [1.82, 2.24) is 20.6 Å². The Morgan fingerprint density at radius 1 is 0.725 bits per heavy atom. The number of unbranched alkanes of at least 4 members (excludes halogenated alkanes) is 2. The molecule has 0 fully saturated rings. The molecule has 0 spiro atoms. The zero-order valence-electron chi connectivity index (χ0n) is 28.5. The van der Waals surface area contributed by atoms with E-state index in [0.717, 1.165) is 12.8 Å². The zero-order valence-corrected chi connectivity index (χ0v) is 29.3. The molecule has 2 aromatic carbocycles. The number of carboxylic acids is 1. The summed E-state index contributed by atoms with van der Waals surface area (Å²) in [5.41, 5.74) is 1.37. The van der Waals surface area contributed by atoms with Crippen molar-refractivity contribution in [3.63, 3.8) is 0 Å². The van der Waals surface area contributed by atoms with Crippen molar-refractivity contribution in [3.8, 4) is 11.5 Å². The van der Waals surface area contributed by atoms with Crippen molar-refractivity contribution < 1.29 is 51.6 Å². The van der Waals surface area contributed by atoms with Gasteiger partial charge in [-0.2, -0.15) is 0 Å². The molecule has 0 atom stereocenters. The van der Waals surface area contributed by atoms with E-state index in [-0.39, 0.29) is 88.3 Å². The molecular formula is C34H45N5O11S. The minimum absolute atomic E-state index is 0.0127. The molecule has 0 aliphatic carbocycles. The highest BCUT2D eigenvalue weighted by atomic mass is 32.2. The number of benzene rings is 2. The van der Waals surface area contributed by atoms with Crippen LogP contribution >= 0.6 is 0 Å². The van der Waals surface area contributed by atoms with Crippen molar-refractivity contribution in [1.29, 1.82) is 0 Å². The van der Waals surface area contributed by atoms with Crippen LogP contribution in [-0.2, 0) is 45.0 Å². The van der Waals surface area contributed by atoms with Gasteiger partial charge in [0.15, 0.2) is 0 Å². The van der Waals surface area contributed by atoms with Crippen LogP contribution in [0.2, 0.25) is 0 Å². The minimum atomic E-state index is -4.00. The van der Waals surface area contributed by atoms with Crippen LogP contribution in [0.15, 0.2) is 65.8 Å². The molecule has 3 aromatic rings. The van der Waals surface area contributed by atoms with Crippen LogP contribution in [0.1, 0.15) is 42.1 Å². The van der Waals surface area contributed by atoms with E-state index in [9.17, 15) is 22.8 Å². The molecule has 0 unspecified atom stereocenters. The molecule has 2 amide bonds. The van der Waals surface area contributed by atoms with Crippen molar-refractivity contribution in [3.05, 3.63) is 72.1 Å². The first-order chi connectivity index (χ1) is 24.7. The van der Waals surface area contributed by atoms with Gasteiger partial charge in [0.1, 0.15) is 24.7 Å². The highest BCUT2D eigenvalue weighted by molar-refractivity contribution is 7.92. The van der Waals surface area contributed by atoms with Crippen LogP contribution in [0, 0.1) is 0 Å². The SMILES string of the molecule is CCCCCc1ccc(Oc2ccc(S(=O)(=O)Nc3ncc(C(=O)NCCOCCOCC(=O)NCCOCCOCC(=O)O)cn3)cc2)cc1. The summed E-state index contributed by atoms with van der Waals surface area (Å²) in [6.07, 6.45) is 6.94. The van der Waals surface area contributed by atoms with E-state index in [1.165, 1.54) is 42.9 Å². The van der Waals surface area contributed by atoms with Gasteiger partial charge in [-0.25, -0.2) is 27.9 Å². The Bertz CT molecular complexity index is 1590. The molecule has 0 bridgehead atoms. The molecule has 0 saturated heterocycles. The maximum absolute atomic E-state index is 12.9. The Morgan fingerprint density at radius 2 is 1.29 bits per heavy atom. The second-order valence-electron chi connectivity index (χ2n) is 10.9. The molecule has 3 rings (SSSR count). The predicted molar refractivity (Wildman–Crippen MR) is 185 cm³/mol. The van der Waals surface area contributed by atoms with Gasteiger partial charge in [0.2, 0.25) is 11.9 Å². The van der Waals surface area contributed by atoms with Crippen molar-refractivity contribution in [2.24, 2.45) is 0 Å². The van der Waals surface area contributed by atoms with Gasteiger partial charge in [-0.05, 0) is 54.8 Å². The van der Waals surface area contributed by atoms with Crippen LogP contribution in [-0.4, -0.2) is 107 Å². The lowest BCUT2D eigenvalue weighted by atomic mass is 10.1. The third kappa shape index (κ3) is 16.7. The summed E-state index contributed by atoms with van der Waals surface area (Å²) in [5, 5.41) is 13.7. The third-order valence-electron chi connectivity index (χ3n) is 6.81. The number of aliphatic carboxylic acids is 1. The fraction of sp³-hybridized carbons (Fsp3) is 0.441. The molecule has 278 valence electrons. The van der Waals surface area contributed by atoms with Gasteiger partial charge in [0.25, 0.3) is 15.9 Å². The minimum Gasteiger partial charge on any atom is -0.480 e. The van der Waals surface area contributed by atoms with Crippen molar-refractivity contribution >= 4 is 33.8 Å². The normalized spacial score (nSPS) is 11.2. The van der Waals surface area contributed by atoms with E-state index < -0.39 is 21.9 Å². The van der Waals surface area contributed by atoms with E-state index in [2.05, 4.69) is 32.2 Å². The maximum Gasteiger partial charge on any atom is 0.329 e. The van der Waals surface area contributed by atoms with Crippen LogP contribution in [0.4, 0.5) is 5.95 Å². The van der Waals surface area contributed by atoms with Crippen LogP contribution in [0.5, 0.6) is 11.5 Å². The number of anilines is 1. The largest absolute Gasteiger partial charge is 0.480 e. The van der Waals surface area contributed by atoms with Crippen molar-refractivity contribution in [2.75, 3.05) is 70.7 Å². The summed E-state index contributed by atoms with van der Waals surface area (Å²) in [6, 6.07) is 13.8. The second-order valence-corrected chi connectivity index (χ2v) is 12.6. The van der Waals surface area contributed by atoms with Gasteiger partial charge in [0.05, 0.1) is 50.1 Å². The molecule has 16 nitrogen and oxygen atoms in total. The molecule has 1 aromatic heterocycles. The standard InChI is InChI=1S/C34H45N5O11S/c1-2-3-4-5-26-6-8-28(9-7-26)50-29-10-12-30(13-11-29)51(44,45)39-34-37-22-27(23-38-34)33(43)36-15-17-47-18-20-48-24-31(40)35-14-16-46-19-21-49-25-32(41)42/h6-13,22-23H,2-5,14-21,24-25H2,1H3,(H,35,40)(H,36,43)(H,41,42)(H,37,38,39). The van der Waals surface area contributed by atoms with Crippen molar-refractivity contribution in [2.45, 2.75) is 37.5 Å². The van der Waals surface area contributed by atoms with Gasteiger partial charge >= 0.3 is 5.97 Å². The predicted octanol–water partition coefficient (Wildman–Crippen LogP) is 2.80. The Labute approximate surface area is 297 Å². The lowest BCUT2D eigenvalue weighted by Gasteiger charge is -2.10. The summed E-state index contributed by atoms with van der Waals surface area (Å²) < 4.78 is 54.5. The number of carbonyl (C=O) groups excluding carboxylic acids is 2. The number of amides is 2. The third-order valence-corrected chi connectivity index (χ3v) is 8.15. The number of nitrogens with one attached hydrogen (secondary N) is 3. The number of sulfonamides is 1. The summed E-state index contributed by atoms with van der Waals surface area (Å²) in [5.74, 6) is -0.919. The number of carbonyl (C=O) groups is 3. The molecular weight excluding hydrogens is 686 g/mol. The van der Waals surface area contributed by atoms with Gasteiger partial charge in [-0.3, -0.25) is 9.59 Å². The first kappa shape index (κ1) is 40.7. The van der Waals surface area contributed by atoms with Crippen LogP contribution in [0.3, 0.4) is 0 Å². The zero-order chi connectivity index (χ0) is 36.7. The summed E-state index contributed by atoms with van der Waals surface area (Å²) in [4.78, 5) is 42.3. The quantitative estimate of drug-likeness (QED) is 0.0876. The molecule has 51 heavy (non-hydrogen) atoms. The Morgan fingerprint density at radius 3 is 1.90 bits per heavy atom. The molecule has 0 aliphatic rings. The lowest BCUT2D eigenvalue weighted by Crippen LogP contribution is -2.31. The number of nitrogens with zero attached hydrogens (tertiary/aromatic N) is 2. The first-order valence-electron chi connectivity index (χ1n) is 16.5. The number of rotatable bonds is 26. The Kier molecular flexibility index (Phi) is 18.3. The van der Waals surface area contributed by atoms with E-state index in [1.807, 2.05) is 24.3 Å². The fourth-order valence-corrected chi connectivity index (χ4v) is 5.18. The van der Waals surface area contributed by atoms with E-state index in [4.69, 9.17) is 28.8 Å². The fourth-order valence-electron chi connectivity index (χ4n) is 4.22. The molecule has 17 heteroatoms. The summed E-state index contributed by atoms with van der Waals surface area (Å²) in [7, 11) is -4.00. The number of aryl methyl sites for hydroxylation is 1. The van der Waals surface area contributed by atoms with Crippen LogP contribution < -0.4 is 20.1 Å². The maximum atomic E-state index is 12.9. The molecule has 1 heterocycles. The van der Waals surface area contributed by atoms with Gasteiger partial charge in [-0.15, -0.1) is 0 Å². The number of hydrogen-bond acceptors (Lipinski definition) is 12. The Balaban J connectivity index is 1.27. The number of hydrogen-bond donors (Lipinski definition) is 4.